The number of hydrogen-bond acceptors (Lipinski definition) is 4. The predicted molar refractivity (Wildman–Crippen MR) is 60.7 cm³/mol. The van der Waals surface area contributed by atoms with Crippen LogP contribution in [0.15, 0.2) is 41.1 Å². The van der Waals surface area contributed by atoms with Crippen molar-refractivity contribution in [2.24, 2.45) is 0 Å². The van der Waals surface area contributed by atoms with Crippen molar-refractivity contribution in [3.8, 4) is 11.8 Å². The fourth-order valence-corrected chi connectivity index (χ4v) is 1.53. The zero-order valence-electron chi connectivity index (χ0n) is 7.72. The lowest BCUT2D eigenvalue weighted by Gasteiger charge is -2.07. The quantitative estimate of drug-likeness (QED) is 0.849. The van der Waals surface area contributed by atoms with Crippen LogP contribution in [-0.2, 0) is 0 Å². The third-order valence-electron chi connectivity index (χ3n) is 1.73. The molecule has 0 amide bonds. The van der Waals surface area contributed by atoms with Gasteiger partial charge in [-0.15, -0.1) is 0 Å². The van der Waals surface area contributed by atoms with Gasteiger partial charge >= 0.3 is 6.01 Å². The van der Waals surface area contributed by atoms with E-state index in [0.717, 1.165) is 4.47 Å². The van der Waals surface area contributed by atoms with E-state index in [1.54, 1.807) is 24.5 Å². The molecule has 0 unspecified atom stereocenters. The van der Waals surface area contributed by atoms with Crippen LogP contribution in [0.4, 0.5) is 5.69 Å². The van der Waals surface area contributed by atoms with Crippen LogP contribution in [0.1, 0.15) is 0 Å². The number of hydrogen-bond donors (Lipinski definition) is 1. The van der Waals surface area contributed by atoms with E-state index in [1.165, 1.54) is 0 Å². The molecule has 5 heteroatoms. The molecule has 0 fully saturated rings. The van der Waals surface area contributed by atoms with Crippen molar-refractivity contribution in [3.63, 3.8) is 0 Å². The van der Waals surface area contributed by atoms with Gasteiger partial charge in [-0.2, -0.15) is 0 Å². The van der Waals surface area contributed by atoms with Gasteiger partial charge < -0.3 is 10.5 Å². The zero-order chi connectivity index (χ0) is 10.7. The molecule has 0 radical (unpaired) electrons. The molecule has 0 saturated carbocycles. The summed E-state index contributed by atoms with van der Waals surface area (Å²) in [6.45, 7) is 0. The largest absolute Gasteiger partial charge is 0.421 e. The third-order valence-corrected chi connectivity index (χ3v) is 2.36. The van der Waals surface area contributed by atoms with Crippen molar-refractivity contribution >= 4 is 21.6 Å². The Morgan fingerprint density at radius 2 is 1.87 bits per heavy atom. The predicted octanol–water partition coefficient (Wildman–Crippen LogP) is 2.61. The van der Waals surface area contributed by atoms with Gasteiger partial charge in [0.15, 0.2) is 5.75 Å². The highest BCUT2D eigenvalue weighted by Crippen LogP contribution is 2.33. The monoisotopic (exact) mass is 265 g/mol. The molecule has 0 bridgehead atoms. The summed E-state index contributed by atoms with van der Waals surface area (Å²) in [6.07, 6.45) is 3.21. The molecule has 15 heavy (non-hydrogen) atoms. The molecule has 0 aliphatic heterocycles. The third kappa shape index (κ3) is 2.24. The summed E-state index contributed by atoms with van der Waals surface area (Å²) >= 11 is 3.34. The Labute approximate surface area is 95.2 Å². The first-order chi connectivity index (χ1) is 7.27. The summed E-state index contributed by atoms with van der Waals surface area (Å²) in [4.78, 5) is 7.89. The number of nitrogens with two attached hydrogens (primary N) is 1. The number of benzene rings is 1. The fraction of sp³-hybridized carbons (Fsp3) is 0. The van der Waals surface area contributed by atoms with E-state index in [9.17, 15) is 0 Å². The molecule has 0 spiro atoms. The van der Waals surface area contributed by atoms with Crippen LogP contribution in [-0.4, -0.2) is 9.97 Å². The van der Waals surface area contributed by atoms with Gasteiger partial charge in [0.25, 0.3) is 0 Å². The minimum atomic E-state index is 0.274. The van der Waals surface area contributed by atoms with E-state index in [0.29, 0.717) is 11.4 Å². The number of halogens is 1. The van der Waals surface area contributed by atoms with Crippen molar-refractivity contribution in [1.29, 1.82) is 0 Å². The Balaban J connectivity index is 2.32. The maximum atomic E-state index is 5.76. The van der Waals surface area contributed by atoms with Gasteiger partial charge in [0.2, 0.25) is 0 Å². The van der Waals surface area contributed by atoms with Crippen molar-refractivity contribution in [2.45, 2.75) is 0 Å². The first kappa shape index (κ1) is 9.92. The second-order valence-electron chi connectivity index (χ2n) is 2.79. The summed E-state index contributed by atoms with van der Waals surface area (Å²) in [5.74, 6) is 0.531. The van der Waals surface area contributed by atoms with Crippen molar-refractivity contribution in [3.05, 3.63) is 41.1 Å². The van der Waals surface area contributed by atoms with Crippen LogP contribution in [0.5, 0.6) is 11.8 Å². The lowest BCUT2D eigenvalue weighted by molar-refractivity contribution is 0.441. The maximum absolute atomic E-state index is 5.76. The number of para-hydroxylation sites is 1. The fourth-order valence-electron chi connectivity index (χ4n) is 1.06. The number of aromatic nitrogens is 2. The van der Waals surface area contributed by atoms with Crippen molar-refractivity contribution in [2.75, 3.05) is 5.73 Å². The topological polar surface area (TPSA) is 61.0 Å². The van der Waals surface area contributed by atoms with E-state index in [-0.39, 0.29) is 6.01 Å². The summed E-state index contributed by atoms with van der Waals surface area (Å²) in [6, 6.07) is 7.42. The minimum absolute atomic E-state index is 0.274. The van der Waals surface area contributed by atoms with Crippen molar-refractivity contribution < 1.29 is 4.74 Å². The van der Waals surface area contributed by atoms with E-state index in [2.05, 4.69) is 25.9 Å². The Morgan fingerprint density at radius 1 is 1.13 bits per heavy atom. The summed E-state index contributed by atoms with van der Waals surface area (Å²) in [5.41, 5.74) is 6.30. The smallest absolute Gasteiger partial charge is 0.321 e. The van der Waals surface area contributed by atoms with E-state index in [1.807, 2.05) is 12.1 Å². The molecule has 0 aliphatic rings. The Bertz CT molecular complexity index is 441. The highest BCUT2D eigenvalue weighted by Gasteiger charge is 2.07. The van der Waals surface area contributed by atoms with E-state index < -0.39 is 0 Å². The molecule has 76 valence electrons. The molecule has 2 N–H and O–H groups in total. The zero-order valence-corrected chi connectivity index (χ0v) is 9.31. The standard InChI is InChI=1S/C10H8BrN3O/c11-7-3-1-4-8(12)9(7)15-10-13-5-2-6-14-10/h1-6H,12H2. The molecule has 0 saturated heterocycles. The Morgan fingerprint density at radius 3 is 2.53 bits per heavy atom. The molecule has 4 nitrogen and oxygen atoms in total. The van der Waals surface area contributed by atoms with E-state index >= 15 is 0 Å². The molecular formula is C10H8BrN3O. The number of anilines is 1. The number of nitrogens with zero attached hydrogens (tertiary/aromatic N) is 2. The summed E-state index contributed by atoms with van der Waals surface area (Å²) in [5, 5.41) is 0. The Kier molecular flexibility index (Phi) is 2.82. The molecular weight excluding hydrogens is 258 g/mol. The second-order valence-corrected chi connectivity index (χ2v) is 3.65. The highest BCUT2D eigenvalue weighted by molar-refractivity contribution is 9.10. The second kappa shape index (κ2) is 4.27. The van der Waals surface area contributed by atoms with Crippen LogP contribution < -0.4 is 10.5 Å². The van der Waals surface area contributed by atoms with E-state index in [4.69, 9.17) is 10.5 Å². The van der Waals surface area contributed by atoms with Gasteiger partial charge in [0, 0.05) is 12.4 Å². The summed E-state index contributed by atoms with van der Waals surface area (Å²) in [7, 11) is 0. The molecule has 2 aromatic rings. The minimum Gasteiger partial charge on any atom is -0.421 e. The lowest BCUT2D eigenvalue weighted by Crippen LogP contribution is -1.95. The normalized spacial score (nSPS) is 9.93. The van der Waals surface area contributed by atoms with Crippen LogP contribution in [0, 0.1) is 0 Å². The average molecular weight is 266 g/mol. The molecule has 2 rings (SSSR count). The van der Waals surface area contributed by atoms with Crippen LogP contribution >= 0.6 is 15.9 Å². The lowest BCUT2D eigenvalue weighted by atomic mass is 10.3. The average Bonchev–Trinajstić information content (AvgIpc) is 2.25. The van der Waals surface area contributed by atoms with Crippen LogP contribution in [0.3, 0.4) is 0 Å². The van der Waals surface area contributed by atoms with Gasteiger partial charge in [-0.25, -0.2) is 9.97 Å². The van der Waals surface area contributed by atoms with Gasteiger partial charge in [-0.05, 0) is 34.1 Å². The van der Waals surface area contributed by atoms with Gasteiger partial charge in [0.05, 0.1) is 10.2 Å². The van der Waals surface area contributed by atoms with Gasteiger partial charge in [-0.1, -0.05) is 6.07 Å². The number of ether oxygens (including phenoxy) is 1. The molecule has 1 heterocycles. The maximum Gasteiger partial charge on any atom is 0.321 e. The molecule has 1 aromatic heterocycles. The summed E-state index contributed by atoms with van der Waals surface area (Å²) < 4.78 is 6.22. The first-order valence-electron chi connectivity index (χ1n) is 4.26. The molecule has 1 aromatic carbocycles. The highest BCUT2D eigenvalue weighted by atomic mass is 79.9. The number of nitrogen functional groups attached to an aromatic ring is 1. The molecule has 0 atom stereocenters. The molecule has 0 aliphatic carbocycles. The van der Waals surface area contributed by atoms with Gasteiger partial charge in [-0.3, -0.25) is 0 Å². The SMILES string of the molecule is Nc1cccc(Br)c1Oc1ncccn1. The Hall–Kier alpha value is -1.62. The van der Waals surface area contributed by atoms with Gasteiger partial charge in [0.1, 0.15) is 0 Å². The number of rotatable bonds is 2. The van der Waals surface area contributed by atoms with Crippen LogP contribution in [0.2, 0.25) is 0 Å². The first-order valence-corrected chi connectivity index (χ1v) is 5.05. The van der Waals surface area contributed by atoms with Crippen molar-refractivity contribution in [1.82, 2.24) is 9.97 Å². The van der Waals surface area contributed by atoms with Crippen LogP contribution in [0.25, 0.3) is 0 Å².